The molecule has 0 saturated heterocycles. The summed E-state index contributed by atoms with van der Waals surface area (Å²) in [5.41, 5.74) is 0. The molecule has 0 saturated carbocycles. The number of nitrogens with one attached hydrogen (secondary N) is 2. The summed E-state index contributed by atoms with van der Waals surface area (Å²) >= 11 is 0. The van der Waals surface area contributed by atoms with Gasteiger partial charge in [0.15, 0.2) is 5.82 Å². The van der Waals surface area contributed by atoms with Crippen LogP contribution in [0.1, 0.15) is 33.0 Å². The molecule has 0 aromatic carbocycles. The van der Waals surface area contributed by atoms with Crippen LogP contribution in [0.4, 0.5) is 11.6 Å². The SMILES string of the molecule is CCNc1cc(NC(C)CCOC)nc(COCC)n1. The first kappa shape index (κ1) is 16.7. The molecule has 0 aliphatic heterocycles. The summed E-state index contributed by atoms with van der Waals surface area (Å²) in [6.07, 6.45) is 0.928. The third-order valence-electron chi connectivity index (χ3n) is 2.71. The second-order valence-corrected chi connectivity index (χ2v) is 4.55. The van der Waals surface area contributed by atoms with Gasteiger partial charge in [-0.05, 0) is 27.2 Å². The highest BCUT2D eigenvalue weighted by Gasteiger charge is 2.07. The molecule has 114 valence electrons. The van der Waals surface area contributed by atoms with Crippen molar-refractivity contribution in [3.63, 3.8) is 0 Å². The third-order valence-corrected chi connectivity index (χ3v) is 2.71. The molecule has 20 heavy (non-hydrogen) atoms. The zero-order chi connectivity index (χ0) is 14.8. The molecule has 0 bridgehead atoms. The Balaban J connectivity index is 2.73. The van der Waals surface area contributed by atoms with Crippen molar-refractivity contribution >= 4 is 11.6 Å². The fourth-order valence-electron chi connectivity index (χ4n) is 1.72. The fourth-order valence-corrected chi connectivity index (χ4v) is 1.72. The molecule has 1 aromatic heterocycles. The van der Waals surface area contributed by atoms with E-state index in [1.807, 2.05) is 19.9 Å². The third kappa shape index (κ3) is 6.16. The van der Waals surface area contributed by atoms with Gasteiger partial charge in [0, 0.05) is 39.0 Å². The molecule has 0 fully saturated rings. The highest BCUT2D eigenvalue weighted by atomic mass is 16.5. The van der Waals surface area contributed by atoms with Crippen LogP contribution in [0.2, 0.25) is 0 Å². The van der Waals surface area contributed by atoms with Gasteiger partial charge in [-0.15, -0.1) is 0 Å². The van der Waals surface area contributed by atoms with E-state index < -0.39 is 0 Å². The highest BCUT2D eigenvalue weighted by molar-refractivity contribution is 5.47. The van der Waals surface area contributed by atoms with E-state index in [2.05, 4.69) is 27.5 Å². The van der Waals surface area contributed by atoms with Crippen molar-refractivity contribution in [3.8, 4) is 0 Å². The van der Waals surface area contributed by atoms with Gasteiger partial charge in [-0.25, -0.2) is 9.97 Å². The van der Waals surface area contributed by atoms with E-state index in [0.717, 1.165) is 31.2 Å². The van der Waals surface area contributed by atoms with E-state index >= 15 is 0 Å². The second kappa shape index (κ2) is 9.50. The topological polar surface area (TPSA) is 68.3 Å². The van der Waals surface area contributed by atoms with Gasteiger partial charge in [0.2, 0.25) is 0 Å². The van der Waals surface area contributed by atoms with Crippen LogP contribution in [0.15, 0.2) is 6.07 Å². The minimum atomic E-state index is 0.291. The summed E-state index contributed by atoms with van der Waals surface area (Å²) in [6, 6.07) is 2.21. The maximum Gasteiger partial charge on any atom is 0.158 e. The quantitative estimate of drug-likeness (QED) is 0.686. The van der Waals surface area contributed by atoms with Crippen LogP contribution in [0.25, 0.3) is 0 Å². The van der Waals surface area contributed by atoms with E-state index in [0.29, 0.717) is 25.1 Å². The lowest BCUT2D eigenvalue weighted by Crippen LogP contribution is -2.19. The number of aromatic nitrogens is 2. The Hall–Kier alpha value is -1.40. The maximum atomic E-state index is 5.38. The monoisotopic (exact) mass is 282 g/mol. The average molecular weight is 282 g/mol. The van der Waals surface area contributed by atoms with Crippen molar-refractivity contribution in [2.75, 3.05) is 37.5 Å². The average Bonchev–Trinajstić information content (AvgIpc) is 2.43. The van der Waals surface area contributed by atoms with E-state index in [1.54, 1.807) is 7.11 Å². The molecule has 0 aliphatic carbocycles. The number of ether oxygens (including phenoxy) is 2. The molecule has 1 unspecified atom stereocenters. The van der Waals surface area contributed by atoms with Gasteiger partial charge in [0.1, 0.15) is 18.2 Å². The Morgan fingerprint density at radius 3 is 2.65 bits per heavy atom. The van der Waals surface area contributed by atoms with Crippen molar-refractivity contribution in [2.45, 2.75) is 39.8 Å². The number of methoxy groups -OCH3 is 1. The fraction of sp³-hybridized carbons (Fsp3) is 0.714. The zero-order valence-electron chi connectivity index (χ0n) is 12.9. The van der Waals surface area contributed by atoms with Gasteiger partial charge in [-0.1, -0.05) is 0 Å². The molecule has 2 N–H and O–H groups in total. The molecule has 6 heteroatoms. The first-order valence-electron chi connectivity index (χ1n) is 7.14. The first-order chi connectivity index (χ1) is 9.69. The number of hydrogen-bond donors (Lipinski definition) is 2. The van der Waals surface area contributed by atoms with Gasteiger partial charge in [-0.2, -0.15) is 0 Å². The second-order valence-electron chi connectivity index (χ2n) is 4.55. The normalized spacial score (nSPS) is 12.2. The van der Waals surface area contributed by atoms with Crippen LogP contribution in [0.5, 0.6) is 0 Å². The predicted molar refractivity (Wildman–Crippen MR) is 81.1 cm³/mol. The van der Waals surface area contributed by atoms with Crippen molar-refractivity contribution in [1.29, 1.82) is 0 Å². The van der Waals surface area contributed by atoms with Gasteiger partial charge < -0.3 is 20.1 Å². The van der Waals surface area contributed by atoms with Crippen molar-refractivity contribution < 1.29 is 9.47 Å². The molecule has 1 rings (SSSR count). The minimum absolute atomic E-state index is 0.291. The largest absolute Gasteiger partial charge is 0.385 e. The van der Waals surface area contributed by atoms with Crippen molar-refractivity contribution in [3.05, 3.63) is 11.9 Å². The lowest BCUT2D eigenvalue weighted by molar-refractivity contribution is 0.128. The zero-order valence-corrected chi connectivity index (χ0v) is 12.9. The number of rotatable bonds is 10. The summed E-state index contributed by atoms with van der Waals surface area (Å²) < 4.78 is 10.5. The number of anilines is 2. The number of nitrogens with zero attached hydrogens (tertiary/aromatic N) is 2. The summed E-state index contributed by atoms with van der Waals surface area (Å²) in [7, 11) is 1.71. The molecule has 0 radical (unpaired) electrons. The number of hydrogen-bond acceptors (Lipinski definition) is 6. The van der Waals surface area contributed by atoms with Crippen LogP contribution in [0, 0.1) is 0 Å². The molecule has 0 aliphatic rings. The van der Waals surface area contributed by atoms with E-state index in [9.17, 15) is 0 Å². The molecular formula is C14H26N4O2. The van der Waals surface area contributed by atoms with Gasteiger partial charge in [-0.3, -0.25) is 0 Å². The Kier molecular flexibility index (Phi) is 7.91. The summed E-state index contributed by atoms with van der Waals surface area (Å²) in [4.78, 5) is 8.89. The van der Waals surface area contributed by atoms with Gasteiger partial charge >= 0.3 is 0 Å². The standard InChI is InChI=1S/C14H26N4O2/c1-5-15-12-9-13(16-11(3)7-8-19-4)18-14(17-12)10-20-6-2/h9,11H,5-8,10H2,1-4H3,(H2,15,16,17,18). The van der Waals surface area contributed by atoms with Crippen molar-refractivity contribution in [1.82, 2.24) is 9.97 Å². The van der Waals surface area contributed by atoms with E-state index in [-0.39, 0.29) is 0 Å². The van der Waals surface area contributed by atoms with Crippen molar-refractivity contribution in [2.24, 2.45) is 0 Å². The Morgan fingerprint density at radius 1 is 1.25 bits per heavy atom. The van der Waals surface area contributed by atoms with Gasteiger partial charge in [0.05, 0.1) is 0 Å². The first-order valence-corrected chi connectivity index (χ1v) is 7.14. The lowest BCUT2D eigenvalue weighted by Gasteiger charge is -2.15. The molecule has 1 heterocycles. The lowest BCUT2D eigenvalue weighted by atomic mass is 10.2. The summed E-state index contributed by atoms with van der Waals surface area (Å²) in [5, 5.41) is 6.58. The van der Waals surface area contributed by atoms with Crippen LogP contribution in [-0.4, -0.2) is 42.9 Å². The van der Waals surface area contributed by atoms with Crippen LogP contribution < -0.4 is 10.6 Å². The molecule has 6 nitrogen and oxygen atoms in total. The molecule has 1 aromatic rings. The highest BCUT2D eigenvalue weighted by Crippen LogP contribution is 2.13. The van der Waals surface area contributed by atoms with E-state index in [4.69, 9.17) is 9.47 Å². The summed E-state index contributed by atoms with van der Waals surface area (Å²) in [5.74, 6) is 2.32. The summed E-state index contributed by atoms with van der Waals surface area (Å²) in [6.45, 7) is 8.74. The van der Waals surface area contributed by atoms with E-state index in [1.165, 1.54) is 0 Å². The Labute approximate surface area is 121 Å². The van der Waals surface area contributed by atoms with Crippen LogP contribution in [0.3, 0.4) is 0 Å². The molecule has 0 spiro atoms. The molecule has 0 amide bonds. The van der Waals surface area contributed by atoms with Crippen LogP contribution >= 0.6 is 0 Å². The Morgan fingerprint density at radius 2 is 2.00 bits per heavy atom. The molecule has 1 atom stereocenters. The predicted octanol–water partition coefficient (Wildman–Crippen LogP) is 2.28. The minimum Gasteiger partial charge on any atom is -0.385 e. The van der Waals surface area contributed by atoms with Gasteiger partial charge in [0.25, 0.3) is 0 Å². The molecular weight excluding hydrogens is 256 g/mol. The Bertz CT molecular complexity index is 387. The maximum absolute atomic E-state index is 5.38. The van der Waals surface area contributed by atoms with Crippen LogP contribution in [-0.2, 0) is 16.1 Å². The smallest absolute Gasteiger partial charge is 0.158 e.